The van der Waals surface area contributed by atoms with E-state index in [4.69, 9.17) is 11.0 Å². The summed E-state index contributed by atoms with van der Waals surface area (Å²) in [5, 5.41) is 9.07. The topological polar surface area (TPSA) is 56.3 Å². The molecule has 1 aromatic rings. The van der Waals surface area contributed by atoms with Gasteiger partial charge in [-0.05, 0) is 32.1 Å². The van der Waals surface area contributed by atoms with E-state index in [9.17, 15) is 0 Å². The summed E-state index contributed by atoms with van der Waals surface area (Å²) >= 11 is 0. The fraction of sp³-hybridized carbons (Fsp3) is 0.533. The summed E-state index contributed by atoms with van der Waals surface area (Å²) in [7, 11) is 4.12. The monoisotopic (exact) mass is 260 g/mol. The minimum atomic E-state index is 0.548. The van der Waals surface area contributed by atoms with Crippen LogP contribution in [0.1, 0.15) is 19.4 Å². The zero-order chi connectivity index (χ0) is 14.4. The SMILES string of the molecule is CC(C)CN(CCN(C)C)c1cccc(C#N)c1N. The Bertz CT molecular complexity index is 446. The Morgan fingerprint density at radius 3 is 2.47 bits per heavy atom. The Hall–Kier alpha value is -1.73. The molecule has 0 atom stereocenters. The standard InChI is InChI=1S/C15H24N4/c1-12(2)11-19(9-8-18(3)4)14-7-5-6-13(10-16)15(14)17/h5-7,12H,8-9,11,17H2,1-4H3. The highest BCUT2D eigenvalue weighted by atomic mass is 15.2. The lowest BCUT2D eigenvalue weighted by molar-refractivity contribution is 0.409. The van der Waals surface area contributed by atoms with Gasteiger partial charge >= 0.3 is 0 Å². The number of benzene rings is 1. The molecular weight excluding hydrogens is 236 g/mol. The summed E-state index contributed by atoms with van der Waals surface area (Å²) in [6, 6.07) is 7.80. The molecule has 104 valence electrons. The number of nitrogens with two attached hydrogens (primary N) is 1. The molecule has 4 nitrogen and oxygen atoms in total. The molecule has 0 fully saturated rings. The lowest BCUT2D eigenvalue weighted by Gasteiger charge is -2.29. The third-order valence-electron chi connectivity index (χ3n) is 2.95. The molecule has 0 unspecified atom stereocenters. The first-order valence-corrected chi connectivity index (χ1v) is 6.64. The average molecular weight is 260 g/mol. The van der Waals surface area contributed by atoms with Crippen molar-refractivity contribution in [3.05, 3.63) is 23.8 Å². The second kappa shape index (κ2) is 7.01. The van der Waals surface area contributed by atoms with E-state index in [1.807, 2.05) is 12.1 Å². The molecule has 0 aliphatic carbocycles. The number of anilines is 2. The van der Waals surface area contributed by atoms with Crippen molar-refractivity contribution in [3.63, 3.8) is 0 Å². The first-order chi connectivity index (χ1) is 8.95. The third-order valence-corrected chi connectivity index (χ3v) is 2.95. The van der Waals surface area contributed by atoms with E-state index in [1.54, 1.807) is 6.07 Å². The highest BCUT2D eigenvalue weighted by Gasteiger charge is 2.13. The number of rotatable bonds is 6. The first-order valence-electron chi connectivity index (χ1n) is 6.64. The van der Waals surface area contributed by atoms with Crippen molar-refractivity contribution in [3.8, 4) is 6.07 Å². The van der Waals surface area contributed by atoms with Crippen LogP contribution in [0, 0.1) is 17.2 Å². The average Bonchev–Trinajstić information content (AvgIpc) is 2.34. The van der Waals surface area contributed by atoms with Crippen LogP contribution in [0.25, 0.3) is 0 Å². The largest absolute Gasteiger partial charge is 0.396 e. The van der Waals surface area contributed by atoms with E-state index in [0.29, 0.717) is 17.2 Å². The van der Waals surface area contributed by atoms with Crippen molar-refractivity contribution in [2.24, 2.45) is 5.92 Å². The minimum absolute atomic E-state index is 0.548. The van der Waals surface area contributed by atoms with Crippen molar-refractivity contribution in [2.75, 3.05) is 44.4 Å². The summed E-state index contributed by atoms with van der Waals surface area (Å²) < 4.78 is 0. The normalized spacial score (nSPS) is 10.8. The molecule has 0 aliphatic heterocycles. The van der Waals surface area contributed by atoms with Crippen LogP contribution >= 0.6 is 0 Å². The quantitative estimate of drug-likeness (QED) is 0.796. The maximum atomic E-state index is 9.07. The summed E-state index contributed by atoms with van der Waals surface area (Å²) in [6.45, 7) is 7.18. The molecule has 0 radical (unpaired) electrons. The molecule has 1 rings (SSSR count). The van der Waals surface area contributed by atoms with Gasteiger partial charge in [0, 0.05) is 19.6 Å². The maximum absolute atomic E-state index is 9.07. The van der Waals surface area contributed by atoms with Crippen LogP contribution in [0.4, 0.5) is 11.4 Å². The molecule has 0 aromatic heterocycles. The Balaban J connectivity index is 3.00. The number of likely N-dealkylation sites (N-methyl/N-ethyl adjacent to an activating group) is 1. The molecule has 0 saturated heterocycles. The van der Waals surface area contributed by atoms with Crippen LogP contribution in [0.5, 0.6) is 0 Å². The van der Waals surface area contributed by atoms with E-state index in [-0.39, 0.29) is 0 Å². The number of nitriles is 1. The van der Waals surface area contributed by atoms with Crippen LogP contribution in [0.2, 0.25) is 0 Å². The fourth-order valence-electron chi connectivity index (χ4n) is 2.00. The van der Waals surface area contributed by atoms with Gasteiger partial charge in [-0.2, -0.15) is 5.26 Å². The minimum Gasteiger partial charge on any atom is -0.396 e. The number of hydrogen-bond donors (Lipinski definition) is 1. The zero-order valence-corrected chi connectivity index (χ0v) is 12.3. The maximum Gasteiger partial charge on any atom is 0.101 e. The highest BCUT2D eigenvalue weighted by Crippen LogP contribution is 2.26. The Morgan fingerprint density at radius 2 is 1.95 bits per heavy atom. The highest BCUT2D eigenvalue weighted by molar-refractivity contribution is 5.74. The van der Waals surface area contributed by atoms with Crippen molar-refractivity contribution in [1.82, 2.24) is 4.90 Å². The van der Waals surface area contributed by atoms with Gasteiger partial charge in [-0.3, -0.25) is 0 Å². The van der Waals surface area contributed by atoms with Gasteiger partial charge in [0.05, 0.1) is 16.9 Å². The van der Waals surface area contributed by atoms with Crippen molar-refractivity contribution >= 4 is 11.4 Å². The first kappa shape index (κ1) is 15.3. The van der Waals surface area contributed by atoms with Crippen molar-refractivity contribution < 1.29 is 0 Å². The van der Waals surface area contributed by atoms with Crippen LogP contribution in [-0.4, -0.2) is 38.6 Å². The van der Waals surface area contributed by atoms with Crippen molar-refractivity contribution in [1.29, 1.82) is 5.26 Å². The number of para-hydroxylation sites is 1. The fourth-order valence-corrected chi connectivity index (χ4v) is 2.00. The molecule has 0 spiro atoms. The molecule has 4 heteroatoms. The van der Waals surface area contributed by atoms with Gasteiger partial charge in [0.2, 0.25) is 0 Å². The smallest absolute Gasteiger partial charge is 0.101 e. The number of hydrogen-bond acceptors (Lipinski definition) is 4. The van der Waals surface area contributed by atoms with Crippen LogP contribution in [0.3, 0.4) is 0 Å². The predicted octanol–water partition coefficient (Wildman–Crippen LogP) is 2.16. The van der Waals surface area contributed by atoms with Gasteiger partial charge in [0.25, 0.3) is 0 Å². The third kappa shape index (κ3) is 4.46. The van der Waals surface area contributed by atoms with E-state index >= 15 is 0 Å². The van der Waals surface area contributed by atoms with Gasteiger partial charge < -0.3 is 15.5 Å². The summed E-state index contributed by atoms with van der Waals surface area (Å²) in [4.78, 5) is 4.42. The van der Waals surface area contributed by atoms with Gasteiger partial charge in [-0.1, -0.05) is 19.9 Å². The summed E-state index contributed by atoms with van der Waals surface area (Å²) in [5.41, 5.74) is 8.21. The Morgan fingerprint density at radius 1 is 1.26 bits per heavy atom. The lowest BCUT2D eigenvalue weighted by Crippen LogP contribution is -2.35. The second-order valence-corrected chi connectivity index (χ2v) is 5.49. The van der Waals surface area contributed by atoms with Crippen molar-refractivity contribution in [2.45, 2.75) is 13.8 Å². The molecule has 19 heavy (non-hydrogen) atoms. The van der Waals surface area contributed by atoms with Gasteiger partial charge in [-0.25, -0.2) is 0 Å². The Kier molecular flexibility index (Phi) is 5.65. The molecule has 1 aromatic carbocycles. The number of nitrogen functional groups attached to an aromatic ring is 1. The second-order valence-electron chi connectivity index (χ2n) is 5.49. The Labute approximate surface area is 116 Å². The number of nitrogens with zero attached hydrogens (tertiary/aromatic N) is 3. The predicted molar refractivity (Wildman–Crippen MR) is 81.2 cm³/mol. The molecular formula is C15H24N4. The molecule has 0 amide bonds. The lowest BCUT2D eigenvalue weighted by atomic mass is 10.1. The van der Waals surface area contributed by atoms with E-state index in [0.717, 1.165) is 25.3 Å². The van der Waals surface area contributed by atoms with E-state index < -0.39 is 0 Å². The molecule has 0 heterocycles. The molecule has 0 aliphatic rings. The van der Waals surface area contributed by atoms with Crippen LogP contribution in [0.15, 0.2) is 18.2 Å². The molecule has 2 N–H and O–H groups in total. The molecule has 0 saturated carbocycles. The van der Waals surface area contributed by atoms with Gasteiger partial charge in [0.15, 0.2) is 0 Å². The summed E-state index contributed by atoms with van der Waals surface area (Å²) in [6.07, 6.45) is 0. The molecule has 0 bridgehead atoms. The van der Waals surface area contributed by atoms with E-state index in [2.05, 4.69) is 43.8 Å². The summed E-state index contributed by atoms with van der Waals surface area (Å²) in [5.74, 6) is 0.548. The van der Waals surface area contributed by atoms with Gasteiger partial charge in [0.1, 0.15) is 6.07 Å². The van der Waals surface area contributed by atoms with Crippen LogP contribution < -0.4 is 10.6 Å². The zero-order valence-electron chi connectivity index (χ0n) is 12.3. The van der Waals surface area contributed by atoms with E-state index in [1.165, 1.54) is 0 Å². The van der Waals surface area contributed by atoms with Gasteiger partial charge in [-0.15, -0.1) is 0 Å². The van der Waals surface area contributed by atoms with Crippen LogP contribution in [-0.2, 0) is 0 Å².